The van der Waals surface area contributed by atoms with E-state index < -0.39 is 11.5 Å². The van der Waals surface area contributed by atoms with E-state index in [1.807, 2.05) is 13.8 Å². The summed E-state index contributed by atoms with van der Waals surface area (Å²) in [6.07, 6.45) is 3.60. The first-order valence-electron chi connectivity index (χ1n) is 7.12. The summed E-state index contributed by atoms with van der Waals surface area (Å²) in [6, 6.07) is 0. The molecule has 0 saturated heterocycles. The Hall–Kier alpha value is -0.570. The molecule has 3 unspecified atom stereocenters. The molecule has 0 amide bonds. The second-order valence-electron chi connectivity index (χ2n) is 6.45. The molecule has 1 saturated carbocycles. The third kappa shape index (κ3) is 3.25. The van der Waals surface area contributed by atoms with Crippen LogP contribution in [0.3, 0.4) is 0 Å². The molecule has 0 bridgehead atoms. The van der Waals surface area contributed by atoms with Gasteiger partial charge in [0, 0.05) is 0 Å². The Kier molecular flexibility index (Phi) is 5.20. The van der Waals surface area contributed by atoms with Crippen molar-refractivity contribution in [3.8, 4) is 0 Å². The molecule has 106 valence electrons. The lowest BCUT2D eigenvalue weighted by Gasteiger charge is -2.43. The van der Waals surface area contributed by atoms with Gasteiger partial charge in [-0.15, -0.1) is 0 Å². The van der Waals surface area contributed by atoms with E-state index >= 15 is 0 Å². The number of ether oxygens (including phenoxy) is 1. The fraction of sp³-hybridized carbons (Fsp3) is 0.933. The van der Waals surface area contributed by atoms with Crippen molar-refractivity contribution in [2.75, 3.05) is 7.11 Å². The quantitative estimate of drug-likeness (QED) is 0.786. The van der Waals surface area contributed by atoms with E-state index in [2.05, 4.69) is 13.8 Å². The lowest BCUT2D eigenvalue weighted by Crippen LogP contribution is -2.49. The van der Waals surface area contributed by atoms with Crippen LogP contribution in [0.25, 0.3) is 0 Å². The molecular weight excluding hydrogens is 228 g/mol. The van der Waals surface area contributed by atoms with Crippen molar-refractivity contribution in [3.05, 3.63) is 0 Å². The smallest absolute Gasteiger partial charge is 0.311 e. The van der Waals surface area contributed by atoms with E-state index in [-0.39, 0.29) is 11.9 Å². The average Bonchev–Trinajstić information content (AvgIpc) is 2.27. The Morgan fingerprint density at radius 1 is 1.33 bits per heavy atom. The van der Waals surface area contributed by atoms with E-state index in [0.29, 0.717) is 18.3 Å². The summed E-state index contributed by atoms with van der Waals surface area (Å²) < 4.78 is 4.89. The van der Waals surface area contributed by atoms with E-state index in [1.165, 1.54) is 7.11 Å². The lowest BCUT2D eigenvalue weighted by atomic mass is 9.66. The number of aliphatic hydroxyl groups is 1. The third-order valence-corrected chi connectivity index (χ3v) is 4.44. The van der Waals surface area contributed by atoms with Crippen LogP contribution >= 0.6 is 0 Å². The van der Waals surface area contributed by atoms with Crippen LogP contribution in [0.15, 0.2) is 0 Å². The van der Waals surface area contributed by atoms with Crippen molar-refractivity contribution in [2.24, 2.45) is 23.7 Å². The minimum atomic E-state index is -0.881. The maximum Gasteiger partial charge on any atom is 0.311 e. The number of methoxy groups -OCH3 is 1. The van der Waals surface area contributed by atoms with Crippen LogP contribution < -0.4 is 0 Å². The van der Waals surface area contributed by atoms with Gasteiger partial charge in [0.15, 0.2) is 0 Å². The van der Waals surface area contributed by atoms with Gasteiger partial charge in [0.25, 0.3) is 0 Å². The second-order valence-corrected chi connectivity index (χ2v) is 6.45. The van der Waals surface area contributed by atoms with Crippen LogP contribution in [0, 0.1) is 23.7 Å². The lowest BCUT2D eigenvalue weighted by molar-refractivity contribution is -0.165. The van der Waals surface area contributed by atoms with Gasteiger partial charge in [0.2, 0.25) is 0 Å². The summed E-state index contributed by atoms with van der Waals surface area (Å²) in [4.78, 5) is 12.0. The SMILES string of the molecule is COC(=O)C(C(C)C)C1(O)CCCC(C(C)C)C1. The highest BCUT2D eigenvalue weighted by Crippen LogP contribution is 2.43. The molecule has 1 aliphatic rings. The van der Waals surface area contributed by atoms with Gasteiger partial charge in [-0.1, -0.05) is 34.1 Å². The Bertz CT molecular complexity index is 285. The van der Waals surface area contributed by atoms with Gasteiger partial charge < -0.3 is 9.84 Å². The molecule has 0 spiro atoms. The number of hydrogen-bond donors (Lipinski definition) is 1. The molecule has 0 aromatic carbocycles. The molecule has 3 atom stereocenters. The Balaban J connectivity index is 2.90. The van der Waals surface area contributed by atoms with Gasteiger partial charge in [0.05, 0.1) is 18.6 Å². The number of esters is 1. The van der Waals surface area contributed by atoms with Gasteiger partial charge >= 0.3 is 5.97 Å². The highest BCUT2D eigenvalue weighted by molar-refractivity contribution is 5.74. The van der Waals surface area contributed by atoms with Crippen LogP contribution in [0.5, 0.6) is 0 Å². The molecule has 0 heterocycles. The fourth-order valence-corrected chi connectivity index (χ4v) is 3.42. The molecule has 1 fully saturated rings. The summed E-state index contributed by atoms with van der Waals surface area (Å²) in [5.74, 6) is 0.506. The number of carbonyl (C=O) groups is 1. The van der Waals surface area contributed by atoms with Crippen molar-refractivity contribution in [1.82, 2.24) is 0 Å². The zero-order valence-electron chi connectivity index (χ0n) is 12.4. The van der Waals surface area contributed by atoms with Gasteiger partial charge in [0.1, 0.15) is 0 Å². The monoisotopic (exact) mass is 256 g/mol. The minimum absolute atomic E-state index is 0.105. The molecule has 0 aromatic rings. The van der Waals surface area contributed by atoms with Crippen molar-refractivity contribution >= 4 is 5.97 Å². The van der Waals surface area contributed by atoms with Crippen LogP contribution in [0.2, 0.25) is 0 Å². The average molecular weight is 256 g/mol. The first-order valence-corrected chi connectivity index (χ1v) is 7.12. The van der Waals surface area contributed by atoms with E-state index in [1.54, 1.807) is 0 Å². The predicted molar refractivity (Wildman–Crippen MR) is 72.1 cm³/mol. The highest BCUT2D eigenvalue weighted by atomic mass is 16.5. The fourth-order valence-electron chi connectivity index (χ4n) is 3.42. The van der Waals surface area contributed by atoms with Crippen LogP contribution in [-0.4, -0.2) is 23.8 Å². The maximum atomic E-state index is 12.0. The molecule has 0 aromatic heterocycles. The largest absolute Gasteiger partial charge is 0.469 e. The molecule has 18 heavy (non-hydrogen) atoms. The van der Waals surface area contributed by atoms with E-state index in [9.17, 15) is 9.90 Å². The molecule has 1 aliphatic carbocycles. The molecule has 1 rings (SSSR count). The topological polar surface area (TPSA) is 46.5 Å². The Morgan fingerprint density at radius 3 is 2.39 bits per heavy atom. The van der Waals surface area contributed by atoms with Crippen LogP contribution in [-0.2, 0) is 9.53 Å². The summed E-state index contributed by atoms with van der Waals surface area (Å²) >= 11 is 0. The van der Waals surface area contributed by atoms with Gasteiger partial charge in [-0.05, 0) is 37.0 Å². The first kappa shape index (κ1) is 15.5. The van der Waals surface area contributed by atoms with Gasteiger partial charge in [-0.3, -0.25) is 4.79 Å². The highest BCUT2D eigenvalue weighted by Gasteiger charge is 2.47. The summed E-state index contributed by atoms with van der Waals surface area (Å²) in [5.41, 5.74) is -0.881. The summed E-state index contributed by atoms with van der Waals surface area (Å²) in [7, 11) is 1.41. The predicted octanol–water partition coefficient (Wildman–Crippen LogP) is 3.01. The Labute approximate surface area is 111 Å². The van der Waals surface area contributed by atoms with Gasteiger partial charge in [-0.2, -0.15) is 0 Å². The molecular formula is C15H28O3. The van der Waals surface area contributed by atoms with Crippen LogP contribution in [0.4, 0.5) is 0 Å². The van der Waals surface area contributed by atoms with Crippen molar-refractivity contribution in [1.29, 1.82) is 0 Å². The van der Waals surface area contributed by atoms with Crippen molar-refractivity contribution in [2.45, 2.75) is 59.0 Å². The Morgan fingerprint density at radius 2 is 1.94 bits per heavy atom. The minimum Gasteiger partial charge on any atom is -0.469 e. The zero-order chi connectivity index (χ0) is 13.9. The normalized spacial score (nSPS) is 30.6. The molecule has 3 nitrogen and oxygen atoms in total. The second kappa shape index (κ2) is 6.05. The third-order valence-electron chi connectivity index (χ3n) is 4.44. The van der Waals surface area contributed by atoms with E-state index in [4.69, 9.17) is 4.74 Å². The van der Waals surface area contributed by atoms with Gasteiger partial charge in [-0.25, -0.2) is 0 Å². The zero-order valence-corrected chi connectivity index (χ0v) is 12.4. The summed E-state index contributed by atoms with van der Waals surface area (Å²) in [6.45, 7) is 8.36. The van der Waals surface area contributed by atoms with E-state index in [0.717, 1.165) is 19.3 Å². The van der Waals surface area contributed by atoms with Crippen molar-refractivity contribution in [3.63, 3.8) is 0 Å². The number of carbonyl (C=O) groups excluding carboxylic acids is 1. The molecule has 3 heteroatoms. The van der Waals surface area contributed by atoms with Crippen LogP contribution in [0.1, 0.15) is 53.4 Å². The maximum absolute atomic E-state index is 12.0. The number of rotatable bonds is 4. The van der Waals surface area contributed by atoms with Crippen molar-refractivity contribution < 1.29 is 14.6 Å². The molecule has 0 aliphatic heterocycles. The molecule has 1 N–H and O–H groups in total. The number of hydrogen-bond acceptors (Lipinski definition) is 3. The molecule has 0 radical (unpaired) electrons. The first-order chi connectivity index (χ1) is 8.31. The standard InChI is InChI=1S/C15H28O3/c1-10(2)12-7-6-8-15(17,9-12)13(11(3)4)14(16)18-5/h10-13,17H,6-9H2,1-5H3. The summed E-state index contributed by atoms with van der Waals surface area (Å²) in [5, 5.41) is 10.9.